The van der Waals surface area contributed by atoms with Crippen LogP contribution in [0.25, 0.3) is 0 Å². The van der Waals surface area contributed by atoms with Gasteiger partial charge in [0.2, 0.25) is 0 Å². The summed E-state index contributed by atoms with van der Waals surface area (Å²) in [6.07, 6.45) is -2.41. The van der Waals surface area contributed by atoms with Crippen LogP contribution in [0.4, 0.5) is 8.78 Å². The van der Waals surface area contributed by atoms with Gasteiger partial charge in [-0.1, -0.05) is 18.2 Å². The summed E-state index contributed by atoms with van der Waals surface area (Å²) in [5.41, 5.74) is 6.31. The fourth-order valence-electron chi connectivity index (χ4n) is 0.978. The Morgan fingerprint density at radius 2 is 1.83 bits per heavy atom. The van der Waals surface area contributed by atoms with E-state index in [4.69, 9.17) is 5.73 Å². The molecule has 2 N–H and O–H groups in total. The summed E-state index contributed by atoms with van der Waals surface area (Å²) >= 11 is 0. The maximum atomic E-state index is 12.2. The second-order valence-electron chi connectivity index (χ2n) is 2.76. The molecule has 0 fully saturated rings. The van der Waals surface area contributed by atoms with Gasteiger partial charge in [0.1, 0.15) is 0 Å². The van der Waals surface area contributed by atoms with Crippen molar-refractivity contribution in [3.05, 3.63) is 35.4 Å². The molecule has 1 atom stereocenters. The zero-order valence-electron chi connectivity index (χ0n) is 6.80. The Labute approximate surface area is 70.2 Å². The lowest BCUT2D eigenvalue weighted by molar-refractivity contribution is 0.151. The van der Waals surface area contributed by atoms with Crippen molar-refractivity contribution in [2.24, 2.45) is 5.73 Å². The first-order valence-electron chi connectivity index (χ1n) is 3.75. The minimum atomic E-state index is -2.41. The van der Waals surface area contributed by atoms with Gasteiger partial charge in [-0.15, -0.1) is 0 Å². The summed E-state index contributed by atoms with van der Waals surface area (Å²) < 4.78 is 24.3. The second kappa shape index (κ2) is 3.63. The van der Waals surface area contributed by atoms with Gasteiger partial charge in [0, 0.05) is 11.6 Å². The minimum Gasteiger partial charge on any atom is -0.324 e. The van der Waals surface area contributed by atoms with Crippen LogP contribution in [-0.2, 0) is 0 Å². The second-order valence-corrected chi connectivity index (χ2v) is 2.76. The summed E-state index contributed by atoms with van der Waals surface area (Å²) in [6, 6.07) is 5.99. The van der Waals surface area contributed by atoms with Crippen LogP contribution in [-0.4, -0.2) is 0 Å². The van der Waals surface area contributed by atoms with E-state index in [1.165, 1.54) is 12.1 Å². The highest BCUT2D eigenvalue weighted by molar-refractivity contribution is 5.26. The molecule has 1 aromatic rings. The third-order valence-electron chi connectivity index (χ3n) is 1.69. The Morgan fingerprint density at radius 3 is 2.33 bits per heavy atom. The van der Waals surface area contributed by atoms with E-state index in [9.17, 15) is 8.78 Å². The van der Waals surface area contributed by atoms with E-state index in [2.05, 4.69) is 0 Å². The topological polar surface area (TPSA) is 26.0 Å². The number of nitrogens with two attached hydrogens (primary N) is 1. The molecule has 0 saturated carbocycles. The summed E-state index contributed by atoms with van der Waals surface area (Å²) in [6.45, 7) is 1.77. The normalized spacial score (nSPS) is 13.4. The van der Waals surface area contributed by atoms with Gasteiger partial charge < -0.3 is 5.73 Å². The summed E-state index contributed by atoms with van der Waals surface area (Å²) in [5.74, 6) is 0. The monoisotopic (exact) mass is 171 g/mol. The summed E-state index contributed by atoms with van der Waals surface area (Å²) in [4.78, 5) is 0. The highest BCUT2D eigenvalue weighted by atomic mass is 19.3. The lowest BCUT2D eigenvalue weighted by Crippen LogP contribution is -2.05. The molecule has 0 aliphatic heterocycles. The molecule has 66 valence electrons. The fourth-order valence-corrected chi connectivity index (χ4v) is 0.978. The van der Waals surface area contributed by atoms with E-state index < -0.39 is 6.43 Å². The summed E-state index contributed by atoms with van der Waals surface area (Å²) in [5, 5.41) is 0. The van der Waals surface area contributed by atoms with Gasteiger partial charge in [0.05, 0.1) is 0 Å². The van der Waals surface area contributed by atoms with Gasteiger partial charge in [-0.3, -0.25) is 0 Å². The average molecular weight is 171 g/mol. The number of rotatable bonds is 2. The lowest BCUT2D eigenvalue weighted by atomic mass is 10.1. The largest absolute Gasteiger partial charge is 0.324 e. The van der Waals surface area contributed by atoms with Crippen LogP contribution < -0.4 is 5.73 Å². The van der Waals surface area contributed by atoms with Crippen LogP contribution in [0.5, 0.6) is 0 Å². The van der Waals surface area contributed by atoms with Crippen molar-refractivity contribution in [2.45, 2.75) is 19.4 Å². The molecule has 1 aromatic carbocycles. The average Bonchev–Trinajstić information content (AvgIpc) is 2.04. The van der Waals surface area contributed by atoms with Crippen molar-refractivity contribution in [2.75, 3.05) is 0 Å². The molecule has 0 spiro atoms. The zero-order chi connectivity index (χ0) is 9.14. The van der Waals surface area contributed by atoms with Gasteiger partial charge in [-0.2, -0.15) is 0 Å². The molecule has 0 saturated heterocycles. The van der Waals surface area contributed by atoms with Crippen molar-refractivity contribution < 1.29 is 8.78 Å². The van der Waals surface area contributed by atoms with Crippen molar-refractivity contribution in [3.63, 3.8) is 0 Å². The minimum absolute atomic E-state index is 0.0322. The molecular formula is C9H11F2N. The van der Waals surface area contributed by atoms with Crippen molar-refractivity contribution >= 4 is 0 Å². The molecule has 0 unspecified atom stereocenters. The first-order chi connectivity index (χ1) is 5.61. The Hall–Kier alpha value is -0.960. The first-order valence-corrected chi connectivity index (χ1v) is 3.75. The van der Waals surface area contributed by atoms with Crippen molar-refractivity contribution in [3.8, 4) is 0 Å². The number of benzene rings is 1. The van der Waals surface area contributed by atoms with Crippen molar-refractivity contribution in [1.29, 1.82) is 0 Å². The highest BCUT2D eigenvalue weighted by Gasteiger charge is 2.07. The Bertz CT molecular complexity index is 235. The number of halogens is 2. The van der Waals surface area contributed by atoms with E-state index in [1.807, 2.05) is 0 Å². The van der Waals surface area contributed by atoms with Crippen LogP contribution in [0.2, 0.25) is 0 Å². The molecule has 0 amide bonds. The van der Waals surface area contributed by atoms with Gasteiger partial charge >= 0.3 is 0 Å². The number of alkyl halides is 2. The Morgan fingerprint density at radius 1 is 1.25 bits per heavy atom. The molecule has 0 heterocycles. The Balaban J connectivity index is 2.96. The molecule has 1 rings (SSSR count). The molecule has 0 aliphatic rings. The van der Waals surface area contributed by atoms with Gasteiger partial charge in [-0.25, -0.2) is 8.78 Å². The molecule has 0 radical (unpaired) electrons. The quantitative estimate of drug-likeness (QED) is 0.727. The zero-order valence-corrected chi connectivity index (χ0v) is 6.80. The van der Waals surface area contributed by atoms with Gasteiger partial charge in [0.15, 0.2) is 0 Å². The molecule has 0 bridgehead atoms. The Kier molecular flexibility index (Phi) is 2.76. The summed E-state index contributed by atoms with van der Waals surface area (Å²) in [7, 11) is 0. The fraction of sp³-hybridized carbons (Fsp3) is 0.333. The molecule has 3 heteroatoms. The van der Waals surface area contributed by atoms with E-state index in [0.29, 0.717) is 0 Å². The predicted molar refractivity (Wildman–Crippen MR) is 44.0 cm³/mol. The first kappa shape index (κ1) is 9.13. The SMILES string of the molecule is C[C@H](N)c1cccc(C(F)F)c1. The molecular weight excluding hydrogens is 160 g/mol. The van der Waals surface area contributed by atoms with E-state index in [-0.39, 0.29) is 11.6 Å². The van der Waals surface area contributed by atoms with Crippen LogP contribution >= 0.6 is 0 Å². The predicted octanol–water partition coefficient (Wildman–Crippen LogP) is 2.64. The van der Waals surface area contributed by atoms with Crippen LogP contribution in [0, 0.1) is 0 Å². The highest BCUT2D eigenvalue weighted by Crippen LogP contribution is 2.21. The van der Waals surface area contributed by atoms with Crippen LogP contribution in [0.15, 0.2) is 24.3 Å². The number of hydrogen-bond acceptors (Lipinski definition) is 1. The van der Waals surface area contributed by atoms with Crippen LogP contribution in [0.3, 0.4) is 0 Å². The number of hydrogen-bond donors (Lipinski definition) is 1. The molecule has 0 aliphatic carbocycles. The lowest BCUT2D eigenvalue weighted by Gasteiger charge is -2.06. The van der Waals surface area contributed by atoms with Gasteiger partial charge in [-0.05, 0) is 18.6 Å². The van der Waals surface area contributed by atoms with E-state index in [1.54, 1.807) is 19.1 Å². The molecule has 1 nitrogen and oxygen atoms in total. The smallest absolute Gasteiger partial charge is 0.263 e. The maximum absolute atomic E-state index is 12.2. The standard InChI is InChI=1S/C9H11F2N/c1-6(12)7-3-2-4-8(5-7)9(10)11/h2-6,9H,12H2,1H3/t6-/m0/s1. The van der Waals surface area contributed by atoms with Gasteiger partial charge in [0.25, 0.3) is 6.43 Å². The van der Waals surface area contributed by atoms with E-state index in [0.717, 1.165) is 5.56 Å². The molecule has 0 aromatic heterocycles. The van der Waals surface area contributed by atoms with Crippen molar-refractivity contribution in [1.82, 2.24) is 0 Å². The van der Waals surface area contributed by atoms with E-state index >= 15 is 0 Å². The van der Waals surface area contributed by atoms with Crippen LogP contribution in [0.1, 0.15) is 30.5 Å². The third kappa shape index (κ3) is 2.01. The molecule has 12 heavy (non-hydrogen) atoms. The third-order valence-corrected chi connectivity index (χ3v) is 1.69. The maximum Gasteiger partial charge on any atom is 0.263 e.